The van der Waals surface area contributed by atoms with Crippen LogP contribution in [-0.4, -0.2) is 29.7 Å². The fraction of sp³-hybridized carbons (Fsp3) is 0.250. The molecule has 8 nitrogen and oxygen atoms in total. The Kier molecular flexibility index (Phi) is 5.41. The molecular weight excluding hydrogens is 418 g/mol. The average molecular weight is 432 g/mol. The van der Waals surface area contributed by atoms with Gasteiger partial charge in [0.1, 0.15) is 6.20 Å². The molecule has 0 saturated carbocycles. The predicted octanol–water partition coefficient (Wildman–Crippen LogP) is 3.86. The van der Waals surface area contributed by atoms with E-state index in [1.807, 2.05) is 20.8 Å². The van der Waals surface area contributed by atoms with Crippen LogP contribution in [0, 0.1) is 17.0 Å². The first-order valence-corrected chi connectivity index (χ1v) is 10.6. The van der Waals surface area contributed by atoms with E-state index in [0.717, 1.165) is 11.1 Å². The number of nitrogens with zero attached hydrogens (tertiary/aromatic N) is 5. The van der Waals surface area contributed by atoms with Gasteiger partial charge >= 0.3 is 5.69 Å². The largest absolute Gasteiger partial charge is 0.316 e. The third kappa shape index (κ3) is 3.09. The highest BCUT2D eigenvalue weighted by atomic mass is 127. The van der Waals surface area contributed by atoms with E-state index in [9.17, 15) is 10.1 Å². The lowest BCUT2D eigenvalue weighted by Crippen LogP contribution is -1.91. The third-order valence-corrected chi connectivity index (χ3v) is 4.74. The van der Waals surface area contributed by atoms with Crippen molar-refractivity contribution in [2.45, 2.75) is 20.8 Å². The summed E-state index contributed by atoms with van der Waals surface area (Å²) in [5.41, 5.74) is 2.29. The number of rotatable bonds is 3. The molecule has 1 atom stereocenters. The van der Waals surface area contributed by atoms with Crippen molar-refractivity contribution < 1.29 is 4.92 Å². The molecular formula is C12H14IN6O2P. The average Bonchev–Trinajstić information content (AvgIpc) is 3.13. The van der Waals surface area contributed by atoms with Gasteiger partial charge in [-0.2, -0.15) is 10.2 Å². The number of nitro groups is 1. The van der Waals surface area contributed by atoms with Crippen LogP contribution in [0.15, 0.2) is 18.5 Å². The maximum absolute atomic E-state index is 11.1. The molecule has 1 unspecified atom stereocenters. The van der Waals surface area contributed by atoms with Crippen LogP contribution in [0.25, 0.3) is 22.3 Å². The molecule has 0 bridgehead atoms. The molecule has 0 saturated heterocycles. The lowest BCUT2D eigenvalue weighted by atomic mass is 10.2. The second-order valence-corrected chi connectivity index (χ2v) is 6.16. The summed E-state index contributed by atoms with van der Waals surface area (Å²) in [6.45, 7) is 5.89. The Morgan fingerprint density at radius 3 is 2.82 bits per heavy atom. The van der Waals surface area contributed by atoms with Crippen molar-refractivity contribution >= 4 is 45.0 Å². The summed E-state index contributed by atoms with van der Waals surface area (Å²) in [4.78, 5) is 14.9. The first kappa shape index (κ1) is 16.8. The van der Waals surface area contributed by atoms with Crippen LogP contribution in [0.2, 0.25) is 0 Å². The fourth-order valence-corrected chi connectivity index (χ4v) is 2.93. The van der Waals surface area contributed by atoms with Gasteiger partial charge < -0.3 is 0 Å². The van der Waals surface area contributed by atoms with Gasteiger partial charge in [-0.1, -0.05) is 13.8 Å². The highest BCUT2D eigenvalue weighted by Gasteiger charge is 2.22. The minimum Gasteiger partial charge on any atom is -0.282 e. The molecule has 3 aromatic rings. The van der Waals surface area contributed by atoms with Crippen LogP contribution in [0.1, 0.15) is 19.5 Å². The molecule has 3 heterocycles. The summed E-state index contributed by atoms with van der Waals surface area (Å²) >= 11 is 2.11. The first-order valence-electron chi connectivity index (χ1n) is 6.52. The highest BCUT2D eigenvalue weighted by molar-refractivity contribution is 14.2. The molecule has 3 rings (SSSR count). The van der Waals surface area contributed by atoms with E-state index in [-0.39, 0.29) is 11.4 Å². The lowest BCUT2D eigenvalue weighted by Gasteiger charge is -1.96. The minimum absolute atomic E-state index is 0.0479. The summed E-state index contributed by atoms with van der Waals surface area (Å²) in [7, 11) is 0. The fourth-order valence-electron chi connectivity index (χ4n) is 1.88. The molecule has 0 aliphatic rings. The number of aryl methyl sites for hydroxylation is 1. The van der Waals surface area contributed by atoms with Crippen molar-refractivity contribution in [2.75, 3.05) is 0 Å². The molecule has 0 amide bonds. The van der Waals surface area contributed by atoms with Gasteiger partial charge in [0.25, 0.3) is 0 Å². The van der Waals surface area contributed by atoms with Crippen molar-refractivity contribution in [3.63, 3.8) is 0 Å². The van der Waals surface area contributed by atoms with Gasteiger partial charge in [0.05, 0.1) is 22.5 Å². The Bertz CT molecular complexity index is 815. The standard InChI is InChI=1S/C10H8IN6O2P.C2H6/c1-5-6-3-12-8(2-7(6)14-13-5)10-9(17(18)19)4-16(15-10)20-11;1-2/h2-4,20H,1H3,(H,13,14);1-2H3. The van der Waals surface area contributed by atoms with E-state index in [1.165, 1.54) is 10.6 Å². The zero-order valence-corrected chi connectivity index (χ0v) is 15.3. The van der Waals surface area contributed by atoms with Gasteiger partial charge in [-0.05, 0) is 35.0 Å². The maximum Gasteiger partial charge on any atom is 0.316 e. The van der Waals surface area contributed by atoms with Crippen LogP contribution < -0.4 is 0 Å². The summed E-state index contributed by atoms with van der Waals surface area (Å²) < 4.78 is 1.54. The van der Waals surface area contributed by atoms with Crippen molar-refractivity contribution in [1.29, 1.82) is 0 Å². The van der Waals surface area contributed by atoms with E-state index in [1.54, 1.807) is 12.3 Å². The Hall–Kier alpha value is -1.61. The second kappa shape index (κ2) is 7.10. The van der Waals surface area contributed by atoms with Crippen molar-refractivity contribution in [3.05, 3.63) is 34.3 Å². The Labute approximate surface area is 141 Å². The monoisotopic (exact) mass is 432 g/mol. The van der Waals surface area contributed by atoms with E-state index >= 15 is 0 Å². The van der Waals surface area contributed by atoms with Crippen LogP contribution in [0.3, 0.4) is 0 Å². The lowest BCUT2D eigenvalue weighted by molar-refractivity contribution is -0.384. The van der Waals surface area contributed by atoms with Gasteiger partial charge in [-0.15, -0.1) is 0 Å². The number of aromatic amines is 1. The van der Waals surface area contributed by atoms with Crippen molar-refractivity contribution in [2.24, 2.45) is 0 Å². The van der Waals surface area contributed by atoms with E-state index in [2.05, 4.69) is 42.3 Å². The number of aromatic nitrogens is 5. The van der Waals surface area contributed by atoms with Crippen LogP contribution >= 0.6 is 28.4 Å². The summed E-state index contributed by atoms with van der Waals surface area (Å²) in [5.74, 6) is 0. The summed E-state index contributed by atoms with van der Waals surface area (Å²) in [5, 5.41) is 23.2. The molecule has 0 aromatic carbocycles. The predicted molar refractivity (Wildman–Crippen MR) is 95.6 cm³/mol. The number of H-pyrrole nitrogens is 1. The Balaban J connectivity index is 0.000000847. The second-order valence-electron chi connectivity index (χ2n) is 4.08. The van der Waals surface area contributed by atoms with Crippen LogP contribution in [0.5, 0.6) is 0 Å². The zero-order valence-electron chi connectivity index (χ0n) is 12.2. The molecule has 116 valence electrons. The number of hydrogen-bond acceptors (Lipinski definition) is 5. The van der Waals surface area contributed by atoms with Crippen molar-refractivity contribution in [1.82, 2.24) is 24.7 Å². The molecule has 1 N–H and O–H groups in total. The number of pyridine rings is 1. The number of nitrogens with one attached hydrogen (secondary N) is 1. The SMILES string of the molecule is CC.Cc1[nH]nc2cc(-c3nn(PI)cc3[N+](=O)[O-])ncc12. The number of hydrogen-bond donors (Lipinski definition) is 1. The molecule has 0 fully saturated rings. The zero-order chi connectivity index (χ0) is 16.3. The molecule has 10 heteroatoms. The van der Waals surface area contributed by atoms with Gasteiger partial charge in [0, 0.05) is 17.3 Å². The Morgan fingerprint density at radius 2 is 2.18 bits per heavy atom. The van der Waals surface area contributed by atoms with Gasteiger partial charge in [-0.25, -0.2) is 4.45 Å². The van der Waals surface area contributed by atoms with Crippen LogP contribution in [0.4, 0.5) is 5.69 Å². The maximum atomic E-state index is 11.1. The molecule has 0 aliphatic heterocycles. The van der Waals surface area contributed by atoms with Gasteiger partial charge in [0.2, 0.25) is 0 Å². The van der Waals surface area contributed by atoms with Crippen molar-refractivity contribution in [3.8, 4) is 11.4 Å². The van der Waals surface area contributed by atoms with E-state index < -0.39 is 4.92 Å². The summed E-state index contributed by atoms with van der Waals surface area (Å²) in [6, 6.07) is 1.70. The molecule has 22 heavy (non-hydrogen) atoms. The highest BCUT2D eigenvalue weighted by Crippen LogP contribution is 2.33. The topological polar surface area (TPSA) is 103 Å². The normalized spacial score (nSPS) is 10.9. The smallest absolute Gasteiger partial charge is 0.282 e. The minimum atomic E-state index is -0.447. The third-order valence-electron chi connectivity index (χ3n) is 2.85. The first-order chi connectivity index (χ1) is 10.6. The van der Waals surface area contributed by atoms with Crippen LogP contribution in [-0.2, 0) is 0 Å². The molecule has 0 spiro atoms. The molecule has 0 radical (unpaired) electrons. The number of halogens is 1. The molecule has 0 aliphatic carbocycles. The molecule has 3 aromatic heterocycles. The van der Waals surface area contributed by atoms with E-state index in [4.69, 9.17) is 0 Å². The van der Waals surface area contributed by atoms with Gasteiger partial charge in [0.15, 0.2) is 5.69 Å². The Morgan fingerprint density at radius 1 is 1.45 bits per heavy atom. The quantitative estimate of drug-likeness (QED) is 0.293. The van der Waals surface area contributed by atoms with Gasteiger partial charge in [-0.3, -0.25) is 20.2 Å². The van der Waals surface area contributed by atoms with E-state index in [0.29, 0.717) is 17.6 Å². The number of fused-ring (bicyclic) bond motifs is 1. The summed E-state index contributed by atoms with van der Waals surface area (Å²) in [6.07, 6.45) is 3.36.